The summed E-state index contributed by atoms with van der Waals surface area (Å²) in [6, 6.07) is 12.5. The molecule has 2 aromatic carbocycles. The van der Waals surface area contributed by atoms with Crippen LogP contribution in [-0.2, 0) is 11.2 Å². The lowest BCUT2D eigenvalue weighted by atomic mass is 10.0. The standard InChI is InChI=1S/C18H18Cl2O3/c1-11(2)15-5-3-4-6-16(15)23-17(18(21)22)9-12-7-13(19)10-14(20)8-12/h3-8,10-11,17H,9H2,1-2H3,(H,21,22). The molecule has 5 heteroatoms. The molecule has 0 saturated heterocycles. The number of carbonyl (C=O) groups is 1. The van der Waals surface area contributed by atoms with E-state index in [9.17, 15) is 9.90 Å². The molecule has 0 spiro atoms. The number of para-hydroxylation sites is 1. The van der Waals surface area contributed by atoms with Crippen molar-refractivity contribution in [2.75, 3.05) is 0 Å². The third-order valence-electron chi connectivity index (χ3n) is 3.43. The molecule has 0 aliphatic heterocycles. The molecule has 0 amide bonds. The lowest BCUT2D eigenvalue weighted by Crippen LogP contribution is -2.29. The third kappa shape index (κ3) is 4.88. The van der Waals surface area contributed by atoms with Gasteiger partial charge in [-0.25, -0.2) is 4.79 Å². The lowest BCUT2D eigenvalue weighted by molar-refractivity contribution is -0.145. The van der Waals surface area contributed by atoms with Crippen LogP contribution in [0.1, 0.15) is 30.9 Å². The van der Waals surface area contributed by atoms with Crippen LogP contribution in [0.2, 0.25) is 10.0 Å². The van der Waals surface area contributed by atoms with E-state index in [1.165, 1.54) is 0 Å². The van der Waals surface area contributed by atoms with Gasteiger partial charge in [-0.1, -0.05) is 55.2 Å². The van der Waals surface area contributed by atoms with Gasteiger partial charge in [0.2, 0.25) is 0 Å². The van der Waals surface area contributed by atoms with Crippen molar-refractivity contribution in [3.63, 3.8) is 0 Å². The molecule has 0 aliphatic rings. The molecule has 23 heavy (non-hydrogen) atoms. The number of halogens is 2. The second-order valence-electron chi connectivity index (χ2n) is 5.62. The zero-order chi connectivity index (χ0) is 17.0. The number of hydrogen-bond acceptors (Lipinski definition) is 2. The summed E-state index contributed by atoms with van der Waals surface area (Å²) in [5, 5.41) is 10.4. The number of rotatable bonds is 6. The fraction of sp³-hybridized carbons (Fsp3) is 0.278. The van der Waals surface area contributed by atoms with Crippen LogP contribution in [0.15, 0.2) is 42.5 Å². The number of benzene rings is 2. The summed E-state index contributed by atoms with van der Waals surface area (Å²) >= 11 is 11.9. The summed E-state index contributed by atoms with van der Waals surface area (Å²) in [5.41, 5.74) is 1.69. The average molecular weight is 353 g/mol. The van der Waals surface area contributed by atoms with Gasteiger partial charge in [0.1, 0.15) is 5.75 Å². The fourth-order valence-electron chi connectivity index (χ4n) is 2.34. The van der Waals surface area contributed by atoms with E-state index >= 15 is 0 Å². The highest BCUT2D eigenvalue weighted by atomic mass is 35.5. The van der Waals surface area contributed by atoms with E-state index in [0.717, 1.165) is 11.1 Å². The Morgan fingerprint density at radius 1 is 1.13 bits per heavy atom. The predicted molar refractivity (Wildman–Crippen MR) is 92.7 cm³/mol. The van der Waals surface area contributed by atoms with Gasteiger partial charge in [-0.15, -0.1) is 0 Å². The Bertz CT molecular complexity index is 678. The highest BCUT2D eigenvalue weighted by molar-refractivity contribution is 6.34. The number of hydrogen-bond donors (Lipinski definition) is 1. The minimum atomic E-state index is -1.03. The SMILES string of the molecule is CC(C)c1ccccc1OC(Cc1cc(Cl)cc(Cl)c1)C(=O)O. The van der Waals surface area contributed by atoms with E-state index in [4.69, 9.17) is 27.9 Å². The maximum absolute atomic E-state index is 11.6. The largest absolute Gasteiger partial charge is 0.478 e. The number of aliphatic carboxylic acids is 1. The normalized spacial score (nSPS) is 12.2. The Morgan fingerprint density at radius 2 is 1.74 bits per heavy atom. The van der Waals surface area contributed by atoms with Crippen molar-refractivity contribution in [1.82, 2.24) is 0 Å². The van der Waals surface area contributed by atoms with Crippen molar-refractivity contribution < 1.29 is 14.6 Å². The fourth-order valence-corrected chi connectivity index (χ4v) is 2.91. The van der Waals surface area contributed by atoms with Crippen LogP contribution >= 0.6 is 23.2 Å². The Labute approximate surface area is 145 Å². The Hall–Kier alpha value is -1.71. The highest BCUT2D eigenvalue weighted by Gasteiger charge is 2.22. The van der Waals surface area contributed by atoms with Crippen LogP contribution in [0.25, 0.3) is 0 Å². The first-order valence-corrected chi connectivity index (χ1v) is 8.05. The molecule has 0 aromatic heterocycles. The third-order valence-corrected chi connectivity index (χ3v) is 3.87. The van der Waals surface area contributed by atoms with Crippen molar-refractivity contribution >= 4 is 29.2 Å². The van der Waals surface area contributed by atoms with Gasteiger partial charge in [-0.2, -0.15) is 0 Å². The molecule has 2 rings (SSSR count). The van der Waals surface area contributed by atoms with Gasteiger partial charge in [0.25, 0.3) is 0 Å². The Kier molecular flexibility index (Phi) is 5.91. The number of ether oxygens (including phenoxy) is 1. The van der Waals surface area contributed by atoms with Gasteiger partial charge in [0.15, 0.2) is 6.10 Å². The molecule has 0 aliphatic carbocycles. The average Bonchev–Trinajstić information content (AvgIpc) is 2.45. The van der Waals surface area contributed by atoms with Crippen molar-refractivity contribution in [2.24, 2.45) is 0 Å². The van der Waals surface area contributed by atoms with E-state index in [1.54, 1.807) is 24.3 Å². The van der Waals surface area contributed by atoms with Crippen molar-refractivity contribution in [2.45, 2.75) is 32.3 Å². The molecule has 1 atom stereocenters. The van der Waals surface area contributed by atoms with Crippen molar-refractivity contribution in [3.8, 4) is 5.75 Å². The number of carboxylic acids is 1. The number of carboxylic acid groups (broad SMARTS) is 1. The summed E-state index contributed by atoms with van der Waals surface area (Å²) in [5.74, 6) is -0.205. The summed E-state index contributed by atoms with van der Waals surface area (Å²) in [6.07, 6.45) is -0.827. The van der Waals surface area contributed by atoms with Crippen LogP contribution in [0.4, 0.5) is 0 Å². The van der Waals surface area contributed by atoms with E-state index in [1.807, 2.05) is 32.0 Å². The zero-order valence-electron chi connectivity index (χ0n) is 12.9. The molecule has 0 saturated carbocycles. The zero-order valence-corrected chi connectivity index (χ0v) is 14.4. The van der Waals surface area contributed by atoms with Gasteiger partial charge in [-0.05, 0) is 41.3 Å². The van der Waals surface area contributed by atoms with Crippen LogP contribution < -0.4 is 4.74 Å². The molecule has 0 radical (unpaired) electrons. The van der Waals surface area contributed by atoms with Crippen molar-refractivity contribution in [3.05, 3.63) is 63.6 Å². The molecule has 2 aromatic rings. The summed E-state index contributed by atoms with van der Waals surface area (Å²) in [6.45, 7) is 4.07. The summed E-state index contributed by atoms with van der Waals surface area (Å²) in [7, 11) is 0. The Morgan fingerprint density at radius 3 is 2.30 bits per heavy atom. The summed E-state index contributed by atoms with van der Waals surface area (Å²) < 4.78 is 5.77. The predicted octanol–water partition coefficient (Wildman–Crippen LogP) is 5.19. The van der Waals surface area contributed by atoms with Crippen LogP contribution in [0, 0.1) is 0 Å². The second-order valence-corrected chi connectivity index (χ2v) is 6.49. The molecule has 0 heterocycles. The van der Waals surface area contributed by atoms with E-state index in [2.05, 4.69) is 0 Å². The first-order valence-electron chi connectivity index (χ1n) is 7.30. The maximum Gasteiger partial charge on any atom is 0.345 e. The van der Waals surface area contributed by atoms with Crippen LogP contribution in [0.3, 0.4) is 0 Å². The van der Waals surface area contributed by atoms with Gasteiger partial charge in [0.05, 0.1) is 0 Å². The first-order chi connectivity index (χ1) is 10.9. The smallest absolute Gasteiger partial charge is 0.345 e. The molecule has 1 N–H and O–H groups in total. The van der Waals surface area contributed by atoms with Crippen LogP contribution in [0.5, 0.6) is 5.75 Å². The molecule has 1 unspecified atom stereocenters. The molecule has 122 valence electrons. The highest BCUT2D eigenvalue weighted by Crippen LogP contribution is 2.28. The summed E-state index contributed by atoms with van der Waals surface area (Å²) in [4.78, 5) is 11.6. The quantitative estimate of drug-likeness (QED) is 0.777. The molecule has 0 bridgehead atoms. The van der Waals surface area contributed by atoms with Gasteiger partial charge < -0.3 is 9.84 Å². The Balaban J connectivity index is 2.24. The monoisotopic (exact) mass is 352 g/mol. The first kappa shape index (κ1) is 17.6. The van der Waals surface area contributed by atoms with E-state index in [0.29, 0.717) is 15.8 Å². The maximum atomic E-state index is 11.6. The molecule has 3 nitrogen and oxygen atoms in total. The van der Waals surface area contributed by atoms with Gasteiger partial charge in [0, 0.05) is 16.5 Å². The minimum absolute atomic E-state index is 0.183. The van der Waals surface area contributed by atoms with Crippen LogP contribution in [-0.4, -0.2) is 17.2 Å². The topological polar surface area (TPSA) is 46.5 Å². The molecular weight excluding hydrogens is 335 g/mol. The second kappa shape index (κ2) is 7.71. The van der Waals surface area contributed by atoms with E-state index in [-0.39, 0.29) is 12.3 Å². The van der Waals surface area contributed by atoms with Gasteiger partial charge >= 0.3 is 5.97 Å². The van der Waals surface area contributed by atoms with Gasteiger partial charge in [-0.3, -0.25) is 0 Å². The lowest BCUT2D eigenvalue weighted by Gasteiger charge is -2.19. The van der Waals surface area contributed by atoms with Crippen molar-refractivity contribution in [1.29, 1.82) is 0 Å². The minimum Gasteiger partial charge on any atom is -0.478 e. The van der Waals surface area contributed by atoms with E-state index < -0.39 is 12.1 Å². The molecule has 0 fully saturated rings. The molecular formula is C18H18Cl2O3.